The van der Waals surface area contributed by atoms with Crippen molar-refractivity contribution < 1.29 is 0 Å². The highest BCUT2D eigenvalue weighted by Crippen LogP contribution is 2.33. The summed E-state index contributed by atoms with van der Waals surface area (Å²) in [7, 11) is 2.03. The first-order valence-corrected chi connectivity index (χ1v) is 8.43. The zero-order chi connectivity index (χ0) is 15.6. The SMILES string of the molecule is CC(C)Cn1ncc(N(C)C2CCCC2CN)c(Br)c1=O. The normalized spacial score (nSPS) is 22.0. The van der Waals surface area contributed by atoms with Gasteiger partial charge in [-0.2, -0.15) is 5.10 Å². The third-order valence-electron chi connectivity index (χ3n) is 4.30. The largest absolute Gasteiger partial charge is 0.369 e. The lowest BCUT2D eigenvalue weighted by Crippen LogP contribution is -2.39. The average Bonchev–Trinajstić information content (AvgIpc) is 2.91. The molecule has 21 heavy (non-hydrogen) atoms. The highest BCUT2D eigenvalue weighted by atomic mass is 79.9. The van der Waals surface area contributed by atoms with Crippen LogP contribution in [0.25, 0.3) is 0 Å². The van der Waals surface area contributed by atoms with Gasteiger partial charge in [0, 0.05) is 19.6 Å². The molecule has 2 atom stereocenters. The van der Waals surface area contributed by atoms with Gasteiger partial charge >= 0.3 is 0 Å². The maximum absolute atomic E-state index is 12.4. The smallest absolute Gasteiger partial charge is 0.283 e. The maximum Gasteiger partial charge on any atom is 0.283 e. The van der Waals surface area contributed by atoms with Crippen molar-refractivity contribution >= 4 is 21.6 Å². The molecule has 1 heterocycles. The summed E-state index contributed by atoms with van der Waals surface area (Å²) in [5, 5.41) is 4.32. The second-order valence-corrected chi connectivity index (χ2v) is 7.12. The van der Waals surface area contributed by atoms with Crippen molar-refractivity contribution in [3.63, 3.8) is 0 Å². The van der Waals surface area contributed by atoms with Gasteiger partial charge in [-0.15, -0.1) is 0 Å². The molecule has 6 heteroatoms. The van der Waals surface area contributed by atoms with Crippen LogP contribution in [-0.2, 0) is 6.54 Å². The first kappa shape index (κ1) is 16.5. The predicted octanol–water partition coefficient (Wildman–Crippen LogP) is 2.23. The van der Waals surface area contributed by atoms with Crippen molar-refractivity contribution in [3.05, 3.63) is 21.0 Å². The van der Waals surface area contributed by atoms with E-state index in [-0.39, 0.29) is 5.56 Å². The van der Waals surface area contributed by atoms with Crippen LogP contribution >= 0.6 is 15.9 Å². The van der Waals surface area contributed by atoms with E-state index in [0.717, 1.165) is 12.1 Å². The molecule has 1 fully saturated rings. The fourth-order valence-electron chi connectivity index (χ4n) is 3.16. The third-order valence-corrected chi connectivity index (χ3v) is 5.05. The van der Waals surface area contributed by atoms with Crippen LogP contribution in [0.2, 0.25) is 0 Å². The molecule has 118 valence electrons. The Morgan fingerprint density at radius 1 is 1.52 bits per heavy atom. The monoisotopic (exact) mass is 356 g/mol. The summed E-state index contributed by atoms with van der Waals surface area (Å²) >= 11 is 3.46. The zero-order valence-electron chi connectivity index (χ0n) is 13.1. The molecule has 2 unspecified atom stereocenters. The Balaban J connectivity index is 2.28. The fourth-order valence-corrected chi connectivity index (χ4v) is 3.75. The van der Waals surface area contributed by atoms with E-state index in [1.165, 1.54) is 17.5 Å². The number of nitrogens with zero attached hydrogens (tertiary/aromatic N) is 3. The second kappa shape index (κ2) is 6.92. The Kier molecular flexibility index (Phi) is 5.43. The van der Waals surface area contributed by atoms with Gasteiger partial charge in [-0.1, -0.05) is 20.3 Å². The summed E-state index contributed by atoms with van der Waals surface area (Å²) in [4.78, 5) is 14.6. The highest BCUT2D eigenvalue weighted by molar-refractivity contribution is 9.10. The minimum absolute atomic E-state index is 0.0599. The fraction of sp³-hybridized carbons (Fsp3) is 0.733. The number of nitrogens with two attached hydrogens (primary N) is 1. The van der Waals surface area contributed by atoms with E-state index in [0.29, 0.717) is 35.4 Å². The minimum Gasteiger partial charge on any atom is -0.369 e. The topological polar surface area (TPSA) is 64.2 Å². The lowest BCUT2D eigenvalue weighted by molar-refractivity contribution is 0.455. The summed E-state index contributed by atoms with van der Waals surface area (Å²) in [6.45, 7) is 5.49. The van der Waals surface area contributed by atoms with E-state index < -0.39 is 0 Å². The van der Waals surface area contributed by atoms with Gasteiger partial charge < -0.3 is 10.6 Å². The van der Waals surface area contributed by atoms with E-state index in [9.17, 15) is 4.79 Å². The quantitative estimate of drug-likeness (QED) is 0.878. The van der Waals surface area contributed by atoms with Crippen molar-refractivity contribution in [1.82, 2.24) is 9.78 Å². The molecule has 1 aliphatic carbocycles. The predicted molar refractivity (Wildman–Crippen MR) is 89.6 cm³/mol. The molecule has 0 bridgehead atoms. The van der Waals surface area contributed by atoms with Gasteiger partial charge in [0.15, 0.2) is 0 Å². The highest BCUT2D eigenvalue weighted by Gasteiger charge is 2.30. The Labute approximate surface area is 134 Å². The van der Waals surface area contributed by atoms with E-state index in [1.807, 2.05) is 7.05 Å². The first-order valence-electron chi connectivity index (χ1n) is 7.64. The summed E-state index contributed by atoms with van der Waals surface area (Å²) in [6.07, 6.45) is 5.28. The summed E-state index contributed by atoms with van der Waals surface area (Å²) in [5.41, 5.74) is 6.67. The number of anilines is 1. The molecular weight excluding hydrogens is 332 g/mol. The van der Waals surface area contributed by atoms with Crippen LogP contribution < -0.4 is 16.2 Å². The summed E-state index contributed by atoms with van der Waals surface area (Å²) < 4.78 is 2.13. The Morgan fingerprint density at radius 2 is 2.24 bits per heavy atom. The maximum atomic E-state index is 12.4. The molecule has 1 aromatic heterocycles. The molecule has 5 nitrogen and oxygen atoms in total. The molecule has 0 spiro atoms. The first-order chi connectivity index (χ1) is 9.95. The van der Waals surface area contributed by atoms with Gasteiger partial charge in [0.2, 0.25) is 0 Å². The molecule has 2 N–H and O–H groups in total. The van der Waals surface area contributed by atoms with Crippen LogP contribution in [0.4, 0.5) is 5.69 Å². The van der Waals surface area contributed by atoms with Gasteiger partial charge in [0.25, 0.3) is 5.56 Å². The molecule has 1 aromatic rings. The van der Waals surface area contributed by atoms with E-state index >= 15 is 0 Å². The number of halogens is 1. The number of hydrogen-bond acceptors (Lipinski definition) is 4. The molecule has 1 saturated carbocycles. The van der Waals surface area contributed by atoms with Gasteiger partial charge in [0.05, 0.1) is 11.9 Å². The number of rotatable bonds is 5. The summed E-state index contributed by atoms with van der Waals surface area (Å²) in [6, 6.07) is 0.397. The van der Waals surface area contributed by atoms with E-state index in [4.69, 9.17) is 5.73 Å². The lowest BCUT2D eigenvalue weighted by Gasteiger charge is -2.31. The van der Waals surface area contributed by atoms with Crippen molar-refractivity contribution in [2.75, 3.05) is 18.5 Å². The van der Waals surface area contributed by atoms with Crippen LogP contribution in [-0.4, -0.2) is 29.4 Å². The van der Waals surface area contributed by atoms with Crippen molar-refractivity contribution in [3.8, 4) is 0 Å². The van der Waals surface area contributed by atoms with Crippen LogP contribution in [0.5, 0.6) is 0 Å². The molecule has 0 aliphatic heterocycles. The minimum atomic E-state index is -0.0599. The van der Waals surface area contributed by atoms with Crippen LogP contribution in [0.3, 0.4) is 0 Å². The van der Waals surface area contributed by atoms with Gasteiger partial charge in [0.1, 0.15) is 4.47 Å². The summed E-state index contributed by atoms with van der Waals surface area (Å²) in [5.74, 6) is 0.891. The Morgan fingerprint density at radius 3 is 2.86 bits per heavy atom. The van der Waals surface area contributed by atoms with Crippen molar-refractivity contribution in [2.24, 2.45) is 17.6 Å². The van der Waals surface area contributed by atoms with Crippen LogP contribution in [0, 0.1) is 11.8 Å². The standard InChI is InChI=1S/C15H25BrN4O/c1-10(2)9-20-15(21)14(16)13(8-18-20)19(3)12-6-4-5-11(12)7-17/h8,10-12H,4-7,9,17H2,1-3H3. The van der Waals surface area contributed by atoms with Crippen molar-refractivity contribution in [1.29, 1.82) is 0 Å². The van der Waals surface area contributed by atoms with Crippen LogP contribution in [0.1, 0.15) is 33.1 Å². The molecule has 0 aromatic carbocycles. The zero-order valence-corrected chi connectivity index (χ0v) is 14.6. The molecule has 2 rings (SSSR count). The van der Waals surface area contributed by atoms with Gasteiger partial charge in [-0.3, -0.25) is 4.79 Å². The molecule has 0 saturated heterocycles. The van der Waals surface area contributed by atoms with E-state index in [2.05, 4.69) is 39.8 Å². The van der Waals surface area contributed by atoms with Crippen LogP contribution in [0.15, 0.2) is 15.5 Å². The molecule has 1 aliphatic rings. The van der Waals surface area contributed by atoms with Crippen molar-refractivity contribution in [2.45, 2.75) is 45.7 Å². The second-order valence-electron chi connectivity index (χ2n) is 6.33. The van der Waals surface area contributed by atoms with E-state index in [1.54, 1.807) is 6.20 Å². The third kappa shape index (κ3) is 3.48. The number of hydrogen-bond donors (Lipinski definition) is 1. The Bertz CT molecular complexity index is 543. The molecule has 0 radical (unpaired) electrons. The lowest BCUT2D eigenvalue weighted by atomic mass is 10.0. The van der Waals surface area contributed by atoms with Gasteiger partial charge in [-0.05, 0) is 47.2 Å². The average molecular weight is 357 g/mol. The Hall–Kier alpha value is -0.880. The molecular formula is C15H25BrN4O. The van der Waals surface area contributed by atoms with Gasteiger partial charge in [-0.25, -0.2) is 4.68 Å². The number of aromatic nitrogens is 2. The molecule has 0 amide bonds.